The summed E-state index contributed by atoms with van der Waals surface area (Å²) in [4.78, 5) is 37.4. The van der Waals surface area contributed by atoms with E-state index in [1.807, 2.05) is 48.5 Å². The summed E-state index contributed by atoms with van der Waals surface area (Å²) in [7, 11) is 0. The molecule has 1 saturated heterocycles. The van der Waals surface area contributed by atoms with Crippen LogP contribution >= 0.6 is 0 Å². The Kier molecular flexibility index (Phi) is 3.98. The minimum absolute atomic E-state index is 0.00982. The molecule has 2 aromatic rings. The Morgan fingerprint density at radius 3 is 2.27 bits per heavy atom. The molecule has 1 fully saturated rings. The average Bonchev–Trinajstić information content (AvgIpc) is 3.00. The zero-order valence-electron chi connectivity index (χ0n) is 16.4. The number of rotatable bonds is 5. The Labute approximate surface area is 173 Å². The van der Waals surface area contributed by atoms with Gasteiger partial charge in [0.2, 0.25) is 0 Å². The predicted molar refractivity (Wildman–Crippen MR) is 105 cm³/mol. The van der Waals surface area contributed by atoms with E-state index in [0.717, 1.165) is 28.3 Å². The van der Waals surface area contributed by atoms with Crippen molar-refractivity contribution in [3.05, 3.63) is 83.4 Å². The summed E-state index contributed by atoms with van der Waals surface area (Å²) in [5.74, 6) is -2.64. The Morgan fingerprint density at radius 2 is 1.67 bits per heavy atom. The molecular weight excluding hydrogens is 384 g/mol. The molecule has 152 valence electrons. The molecule has 4 aliphatic rings. The van der Waals surface area contributed by atoms with Crippen molar-refractivity contribution in [2.45, 2.75) is 18.4 Å². The summed E-state index contributed by atoms with van der Waals surface area (Å²) in [5.41, 5.74) is 1.12. The van der Waals surface area contributed by atoms with Crippen molar-refractivity contribution < 1.29 is 28.6 Å². The summed E-state index contributed by atoms with van der Waals surface area (Å²) in [6.07, 6.45) is 1.08. The molecule has 1 heterocycles. The van der Waals surface area contributed by atoms with Gasteiger partial charge in [0.1, 0.15) is 17.6 Å². The second-order valence-corrected chi connectivity index (χ2v) is 7.94. The first-order valence-corrected chi connectivity index (χ1v) is 9.85. The van der Waals surface area contributed by atoms with Crippen molar-refractivity contribution in [3.63, 3.8) is 0 Å². The van der Waals surface area contributed by atoms with Gasteiger partial charge in [0, 0.05) is 12.0 Å². The van der Waals surface area contributed by atoms with Crippen LogP contribution in [0.25, 0.3) is 0 Å². The molecule has 0 amide bonds. The fourth-order valence-corrected chi connectivity index (χ4v) is 5.57. The summed E-state index contributed by atoms with van der Waals surface area (Å²) in [5, 5.41) is 0. The van der Waals surface area contributed by atoms with Crippen LogP contribution in [0.1, 0.15) is 35.1 Å². The van der Waals surface area contributed by atoms with Gasteiger partial charge in [-0.05, 0) is 29.2 Å². The van der Waals surface area contributed by atoms with E-state index in [-0.39, 0.29) is 19.1 Å². The lowest BCUT2D eigenvalue weighted by Crippen LogP contribution is -2.61. The van der Waals surface area contributed by atoms with Gasteiger partial charge in [0.05, 0.1) is 12.5 Å². The highest BCUT2D eigenvalue weighted by molar-refractivity contribution is 6.03. The zero-order valence-corrected chi connectivity index (χ0v) is 16.4. The molecule has 1 aliphatic heterocycles. The standard InChI is InChI=1S/C24H20O6/c1-3-18(25)28-12-13-29-24-16-10-6-4-8-14(16)19(15-9-5-7-11-17(15)24)20-21(26)30-22(27)23(20,24)2/h3-11,19-20H,1,12-13H2,2H3. The third kappa shape index (κ3) is 2.09. The van der Waals surface area contributed by atoms with Gasteiger partial charge in [0.25, 0.3) is 0 Å². The molecule has 2 atom stereocenters. The monoisotopic (exact) mass is 404 g/mol. The molecular formula is C24H20O6. The largest absolute Gasteiger partial charge is 0.460 e. The SMILES string of the molecule is C=CC(=O)OCCOC12c3ccccc3C(c3ccccc31)C1C(=O)OC(=O)C12C. The van der Waals surface area contributed by atoms with Gasteiger partial charge in [0.15, 0.2) is 0 Å². The molecule has 6 nitrogen and oxygen atoms in total. The van der Waals surface area contributed by atoms with E-state index >= 15 is 0 Å². The number of cyclic esters (lactones) is 2. The fourth-order valence-electron chi connectivity index (χ4n) is 5.57. The quantitative estimate of drug-likeness (QED) is 0.330. The van der Waals surface area contributed by atoms with Crippen LogP contribution < -0.4 is 0 Å². The van der Waals surface area contributed by atoms with Gasteiger partial charge in [-0.3, -0.25) is 9.59 Å². The van der Waals surface area contributed by atoms with Crippen LogP contribution in [0.4, 0.5) is 0 Å². The third-order valence-electron chi connectivity index (χ3n) is 6.72. The smallest absolute Gasteiger partial charge is 0.330 e. The maximum atomic E-state index is 13.1. The molecule has 0 radical (unpaired) electrons. The lowest BCUT2D eigenvalue weighted by molar-refractivity contribution is -0.177. The van der Waals surface area contributed by atoms with E-state index in [9.17, 15) is 14.4 Å². The van der Waals surface area contributed by atoms with Crippen molar-refractivity contribution in [1.29, 1.82) is 0 Å². The average molecular weight is 404 g/mol. The molecule has 0 spiro atoms. The molecule has 2 unspecified atom stereocenters. The van der Waals surface area contributed by atoms with E-state index in [0.29, 0.717) is 0 Å². The number of hydrogen-bond acceptors (Lipinski definition) is 6. The Balaban J connectivity index is 1.72. The summed E-state index contributed by atoms with van der Waals surface area (Å²) in [6.45, 7) is 5.16. The minimum atomic E-state index is -1.24. The zero-order chi connectivity index (χ0) is 21.1. The van der Waals surface area contributed by atoms with Crippen LogP contribution in [-0.4, -0.2) is 31.1 Å². The molecule has 0 aromatic heterocycles. The van der Waals surface area contributed by atoms with E-state index in [1.165, 1.54) is 0 Å². The lowest BCUT2D eigenvalue weighted by Gasteiger charge is -2.57. The molecule has 3 aliphatic carbocycles. The lowest BCUT2D eigenvalue weighted by atomic mass is 9.46. The van der Waals surface area contributed by atoms with Crippen LogP contribution in [0.3, 0.4) is 0 Å². The number of ether oxygens (including phenoxy) is 3. The van der Waals surface area contributed by atoms with Crippen LogP contribution in [0, 0.1) is 11.3 Å². The first kappa shape index (κ1) is 18.8. The Bertz CT molecular complexity index is 1050. The first-order chi connectivity index (χ1) is 14.5. The van der Waals surface area contributed by atoms with Crippen molar-refractivity contribution in [2.24, 2.45) is 11.3 Å². The van der Waals surface area contributed by atoms with Crippen LogP contribution in [0.5, 0.6) is 0 Å². The molecule has 2 bridgehead atoms. The van der Waals surface area contributed by atoms with Gasteiger partial charge in [-0.1, -0.05) is 55.1 Å². The fraction of sp³-hybridized carbons (Fsp3) is 0.292. The molecule has 6 rings (SSSR count). The highest BCUT2D eigenvalue weighted by Gasteiger charge is 2.75. The topological polar surface area (TPSA) is 78.9 Å². The summed E-state index contributed by atoms with van der Waals surface area (Å²) < 4.78 is 16.7. The van der Waals surface area contributed by atoms with E-state index in [1.54, 1.807) is 6.92 Å². The third-order valence-corrected chi connectivity index (χ3v) is 6.72. The van der Waals surface area contributed by atoms with Crippen LogP contribution in [0.2, 0.25) is 0 Å². The van der Waals surface area contributed by atoms with Crippen LogP contribution in [0.15, 0.2) is 61.2 Å². The molecule has 0 saturated carbocycles. The second kappa shape index (κ2) is 6.37. The number of hydrogen-bond donors (Lipinski definition) is 0. The predicted octanol–water partition coefficient (Wildman–Crippen LogP) is 2.84. The minimum Gasteiger partial charge on any atom is -0.460 e. The van der Waals surface area contributed by atoms with Crippen molar-refractivity contribution >= 4 is 17.9 Å². The maximum Gasteiger partial charge on any atom is 0.330 e. The number of benzene rings is 2. The molecule has 30 heavy (non-hydrogen) atoms. The van der Waals surface area contributed by atoms with E-state index < -0.39 is 34.8 Å². The molecule has 2 aromatic carbocycles. The summed E-state index contributed by atoms with van der Waals surface area (Å²) in [6, 6.07) is 15.4. The highest BCUT2D eigenvalue weighted by Crippen LogP contribution is 2.69. The molecule has 6 heteroatoms. The van der Waals surface area contributed by atoms with Crippen molar-refractivity contribution in [2.75, 3.05) is 13.2 Å². The normalized spacial score (nSPS) is 30.2. The van der Waals surface area contributed by atoms with Gasteiger partial charge < -0.3 is 14.2 Å². The Morgan fingerprint density at radius 1 is 1.07 bits per heavy atom. The maximum absolute atomic E-state index is 13.1. The number of carbonyl (C=O) groups is 3. The van der Waals surface area contributed by atoms with Crippen LogP contribution in [-0.2, 0) is 34.2 Å². The second-order valence-electron chi connectivity index (χ2n) is 7.94. The van der Waals surface area contributed by atoms with Gasteiger partial charge in [-0.25, -0.2) is 4.79 Å². The molecule has 0 N–H and O–H groups in total. The van der Waals surface area contributed by atoms with Gasteiger partial charge in [-0.2, -0.15) is 0 Å². The number of esters is 3. The number of carbonyl (C=O) groups excluding carboxylic acids is 3. The van der Waals surface area contributed by atoms with Crippen molar-refractivity contribution in [3.8, 4) is 0 Å². The van der Waals surface area contributed by atoms with Gasteiger partial charge >= 0.3 is 17.9 Å². The summed E-state index contributed by atoms with van der Waals surface area (Å²) >= 11 is 0. The van der Waals surface area contributed by atoms with Gasteiger partial charge in [-0.15, -0.1) is 0 Å². The first-order valence-electron chi connectivity index (χ1n) is 9.85. The van der Waals surface area contributed by atoms with E-state index in [4.69, 9.17) is 14.2 Å². The van der Waals surface area contributed by atoms with E-state index in [2.05, 4.69) is 6.58 Å². The Hall–Kier alpha value is -3.25. The van der Waals surface area contributed by atoms with Crippen molar-refractivity contribution in [1.82, 2.24) is 0 Å². The highest BCUT2D eigenvalue weighted by atomic mass is 16.6.